The van der Waals surface area contributed by atoms with Crippen LogP contribution in [0.1, 0.15) is 58.8 Å². The van der Waals surface area contributed by atoms with E-state index in [1.807, 2.05) is 30.3 Å². The van der Waals surface area contributed by atoms with Gasteiger partial charge < -0.3 is 30.7 Å². The average molecular weight is 874 g/mol. The first-order valence-corrected chi connectivity index (χ1v) is 20.3. The molecule has 0 aliphatic carbocycles. The molecular weight excluding hydrogens is 826 g/mol. The molecule has 0 spiro atoms. The van der Waals surface area contributed by atoms with E-state index in [0.717, 1.165) is 46.0 Å². The number of H-pyrrole nitrogens is 2. The van der Waals surface area contributed by atoms with Gasteiger partial charge in [-0.3, -0.25) is 29.4 Å². The quantitative estimate of drug-likeness (QED) is 0.141. The first-order chi connectivity index (χ1) is 29.2. The number of fused-ring (bicyclic) bond motifs is 2. The number of amides is 4. The van der Waals surface area contributed by atoms with E-state index < -0.39 is 5.95 Å². The van der Waals surface area contributed by atoms with Gasteiger partial charge in [-0.1, -0.05) is 23.2 Å². The number of carbonyl (C=O) groups excluding carboxylic acids is 4. The Morgan fingerprint density at radius 3 is 1.70 bits per heavy atom. The number of halogens is 3. The summed E-state index contributed by atoms with van der Waals surface area (Å²) in [5.41, 5.74) is 9.98. The molecule has 0 saturated carbocycles. The lowest BCUT2D eigenvalue weighted by atomic mass is 10.2. The lowest BCUT2D eigenvalue weighted by Gasteiger charge is -2.23. The van der Waals surface area contributed by atoms with Gasteiger partial charge in [-0.2, -0.15) is 14.6 Å². The lowest BCUT2D eigenvalue weighted by Crippen LogP contribution is -2.38. The number of likely N-dealkylation sites (tertiary alicyclic amines) is 2. The van der Waals surface area contributed by atoms with Crippen LogP contribution in [0.4, 0.5) is 10.2 Å². The number of carbonyl (C=O) groups is 4. The average Bonchev–Trinajstić information content (AvgIpc) is 4.10. The van der Waals surface area contributed by atoms with Gasteiger partial charge in [0.15, 0.2) is 0 Å². The molecule has 4 amide bonds. The maximum Gasteiger partial charge on any atom is 0.255 e. The first-order valence-electron chi connectivity index (χ1n) is 19.5. The second-order valence-electron chi connectivity index (χ2n) is 14.7. The van der Waals surface area contributed by atoms with Crippen molar-refractivity contribution < 1.29 is 23.6 Å². The predicted octanol–water partition coefficient (Wildman–Crippen LogP) is 5.50. The number of nitrogens with two attached hydrogens (primary N) is 1. The van der Waals surface area contributed by atoms with Crippen molar-refractivity contribution in [3.8, 4) is 0 Å². The molecule has 0 bridgehead atoms. The van der Waals surface area contributed by atoms with Crippen LogP contribution < -0.4 is 11.1 Å². The van der Waals surface area contributed by atoms with Gasteiger partial charge >= 0.3 is 0 Å². The van der Waals surface area contributed by atoms with Crippen molar-refractivity contribution in [2.45, 2.75) is 51.9 Å². The highest BCUT2D eigenvalue weighted by Crippen LogP contribution is 2.23. The summed E-state index contributed by atoms with van der Waals surface area (Å²) in [7, 11) is 3.51. The van der Waals surface area contributed by atoms with Crippen LogP contribution in [0.3, 0.4) is 0 Å². The maximum absolute atomic E-state index is 12.8. The molecule has 61 heavy (non-hydrogen) atoms. The number of anilines is 1. The molecule has 19 heteroatoms. The fraction of sp³-hybridized carbons (Fsp3) is 0.333. The van der Waals surface area contributed by atoms with Crippen molar-refractivity contribution in [3.63, 3.8) is 0 Å². The third-order valence-electron chi connectivity index (χ3n) is 10.8. The molecule has 2 atom stereocenters. The summed E-state index contributed by atoms with van der Waals surface area (Å²) in [4.78, 5) is 62.4. The van der Waals surface area contributed by atoms with E-state index in [2.05, 4.69) is 35.7 Å². The Morgan fingerprint density at radius 2 is 1.25 bits per heavy atom. The SMILES string of the molecule is CC(=O)N(C)[C@H]1CCN(C(=O)c2ccc(F)nc2)C1.CC(=O)N(C)[C@H]1CCN(C(=O)c2ccc(NCc3[nH]nc4ccc(Cl)cc34)nc2)C1.NCc1[nH]nc2ccc(Cl)cc12. The number of aromatic nitrogens is 6. The Morgan fingerprint density at radius 1 is 0.754 bits per heavy atom. The van der Waals surface area contributed by atoms with Crippen molar-refractivity contribution in [1.82, 2.24) is 50.0 Å². The fourth-order valence-corrected chi connectivity index (χ4v) is 7.38. The highest BCUT2D eigenvalue weighted by molar-refractivity contribution is 6.31. The molecule has 0 unspecified atom stereocenters. The standard InChI is InChI=1S/C21H23ClN6O2.C13H16FN3O2.C8H8ClN3/c1-13(29)27(2)16-7-8-28(12-16)21(30)14-3-6-20(23-10-14)24-11-19-17-9-15(22)4-5-18(17)25-26-19;1-9(18)16(2)11-5-6-17(8-11)13(19)10-3-4-12(14)15-7-10;9-5-1-2-7-6(3-5)8(4-10)12-11-7/h3-6,9-10,16H,7-8,11-12H2,1-2H3,(H,23,24)(H,25,26);3-4,7,11H,5-6,8H2,1-2H3;1-3H,4,10H2,(H,11,12)/t16-;11-;/m00./s1. The molecule has 2 saturated heterocycles. The van der Waals surface area contributed by atoms with Crippen molar-refractivity contribution >= 4 is 74.5 Å². The third kappa shape index (κ3) is 11.0. The van der Waals surface area contributed by atoms with E-state index in [9.17, 15) is 23.6 Å². The minimum absolute atomic E-state index is 0.0113. The monoisotopic (exact) mass is 872 g/mol. The first kappa shape index (κ1) is 44.4. The van der Waals surface area contributed by atoms with Gasteiger partial charge in [0.05, 0.1) is 52.2 Å². The molecule has 6 aromatic rings. The predicted molar refractivity (Wildman–Crippen MR) is 231 cm³/mol. The summed E-state index contributed by atoms with van der Waals surface area (Å²) >= 11 is 11.9. The highest BCUT2D eigenvalue weighted by Gasteiger charge is 2.31. The summed E-state index contributed by atoms with van der Waals surface area (Å²) in [5, 5.41) is 20.8. The van der Waals surface area contributed by atoms with Gasteiger partial charge in [0.25, 0.3) is 11.8 Å². The van der Waals surface area contributed by atoms with Gasteiger partial charge in [0.2, 0.25) is 17.8 Å². The van der Waals surface area contributed by atoms with Crippen molar-refractivity contribution in [3.05, 3.63) is 112 Å². The van der Waals surface area contributed by atoms with Crippen LogP contribution in [0, 0.1) is 5.95 Å². The van der Waals surface area contributed by atoms with Crippen LogP contribution in [0.2, 0.25) is 10.0 Å². The van der Waals surface area contributed by atoms with E-state index in [0.29, 0.717) is 66.3 Å². The van der Waals surface area contributed by atoms with Crippen LogP contribution in [-0.2, 0) is 22.7 Å². The van der Waals surface area contributed by atoms with Gasteiger partial charge in [-0.15, -0.1) is 0 Å². The van der Waals surface area contributed by atoms with Crippen LogP contribution in [0.25, 0.3) is 21.8 Å². The summed E-state index contributed by atoms with van der Waals surface area (Å²) in [5.74, 6) is -0.185. The molecule has 2 aliphatic heterocycles. The highest BCUT2D eigenvalue weighted by atomic mass is 35.5. The number of rotatable bonds is 8. The second kappa shape index (κ2) is 19.9. The van der Waals surface area contributed by atoms with Crippen molar-refractivity contribution in [1.29, 1.82) is 0 Å². The second-order valence-corrected chi connectivity index (χ2v) is 15.6. The van der Waals surface area contributed by atoms with Gasteiger partial charge in [-0.25, -0.2) is 9.97 Å². The molecule has 4 aromatic heterocycles. The number of likely N-dealkylation sites (N-methyl/N-ethyl adjacent to an activating group) is 2. The maximum atomic E-state index is 12.8. The molecule has 2 aliphatic rings. The number of nitrogens with one attached hydrogen (secondary N) is 3. The summed E-state index contributed by atoms with van der Waals surface area (Å²) < 4.78 is 12.7. The molecular formula is C42H47Cl2FN12O4. The number of hydrogen-bond acceptors (Lipinski definition) is 10. The van der Waals surface area contributed by atoms with Crippen molar-refractivity contribution in [2.75, 3.05) is 45.6 Å². The Balaban J connectivity index is 0.000000170. The minimum atomic E-state index is -0.604. The Bertz CT molecular complexity index is 2500. The van der Waals surface area contributed by atoms with E-state index in [1.54, 1.807) is 65.0 Å². The topological polar surface area (TPSA) is 202 Å². The largest absolute Gasteiger partial charge is 0.364 e. The smallest absolute Gasteiger partial charge is 0.255 e. The number of aromatic amines is 2. The Hall–Kier alpha value is -6.17. The number of nitrogens with zero attached hydrogens (tertiary/aromatic N) is 8. The van der Waals surface area contributed by atoms with E-state index in [4.69, 9.17) is 28.9 Å². The number of pyridine rings is 2. The van der Waals surface area contributed by atoms with Gasteiger partial charge in [0, 0.05) is 93.9 Å². The number of benzene rings is 2. The zero-order valence-electron chi connectivity index (χ0n) is 34.2. The molecule has 6 heterocycles. The van der Waals surface area contributed by atoms with Gasteiger partial charge in [-0.05, 0) is 73.5 Å². The van der Waals surface area contributed by atoms with Gasteiger partial charge in [0.1, 0.15) is 5.82 Å². The molecule has 0 radical (unpaired) electrons. The lowest BCUT2D eigenvalue weighted by molar-refractivity contribution is -0.130. The Labute approximate surface area is 361 Å². The van der Waals surface area contributed by atoms with Crippen LogP contribution in [-0.4, -0.2) is 126 Å². The molecule has 320 valence electrons. The fourth-order valence-electron chi connectivity index (χ4n) is 7.03. The normalized spacial score (nSPS) is 15.8. The zero-order chi connectivity index (χ0) is 43.8. The third-order valence-corrected chi connectivity index (χ3v) is 11.3. The zero-order valence-corrected chi connectivity index (χ0v) is 35.7. The summed E-state index contributed by atoms with van der Waals surface area (Å²) in [6, 6.07) is 17.4. The minimum Gasteiger partial charge on any atom is -0.364 e. The van der Waals surface area contributed by atoms with E-state index >= 15 is 0 Å². The van der Waals surface area contributed by atoms with E-state index in [1.165, 1.54) is 25.3 Å². The molecule has 16 nitrogen and oxygen atoms in total. The molecule has 2 aromatic carbocycles. The summed E-state index contributed by atoms with van der Waals surface area (Å²) in [6.07, 6.45) is 4.36. The van der Waals surface area contributed by atoms with Crippen LogP contribution in [0.5, 0.6) is 0 Å². The van der Waals surface area contributed by atoms with Crippen LogP contribution >= 0.6 is 23.2 Å². The van der Waals surface area contributed by atoms with Crippen LogP contribution in [0.15, 0.2) is 73.1 Å². The summed E-state index contributed by atoms with van der Waals surface area (Å²) in [6.45, 7) is 6.29. The molecule has 8 rings (SSSR count). The van der Waals surface area contributed by atoms with E-state index in [-0.39, 0.29) is 35.7 Å². The number of hydrogen-bond donors (Lipinski definition) is 4. The Kier molecular flexibility index (Phi) is 14.5. The molecule has 5 N–H and O–H groups in total. The molecule has 2 fully saturated rings. The van der Waals surface area contributed by atoms with Crippen molar-refractivity contribution in [2.24, 2.45) is 5.73 Å².